The predicted octanol–water partition coefficient (Wildman–Crippen LogP) is 2.65. The Hall–Kier alpha value is -2.36. The summed E-state index contributed by atoms with van der Waals surface area (Å²) in [6, 6.07) is 13.6. The first-order chi connectivity index (χ1) is 10.9. The smallest absolute Gasteiger partial charge is 0.263 e. The van der Waals surface area contributed by atoms with Crippen molar-refractivity contribution in [2.45, 2.75) is 19.8 Å². The molecule has 0 unspecified atom stereocenters. The van der Waals surface area contributed by atoms with Crippen molar-refractivity contribution in [3.8, 4) is 0 Å². The SMILES string of the molecule is Cn1cccc(C(=O)N2C[C@H](c3ccccc3)C(C)(C)C2)c1=O. The quantitative estimate of drug-likeness (QED) is 0.856. The summed E-state index contributed by atoms with van der Waals surface area (Å²) in [4.78, 5) is 26.8. The molecule has 1 saturated heterocycles. The number of rotatable bonds is 2. The van der Waals surface area contributed by atoms with Gasteiger partial charge in [-0.2, -0.15) is 0 Å². The van der Waals surface area contributed by atoms with Gasteiger partial charge in [0.15, 0.2) is 0 Å². The van der Waals surface area contributed by atoms with Gasteiger partial charge in [0, 0.05) is 32.3 Å². The summed E-state index contributed by atoms with van der Waals surface area (Å²) in [7, 11) is 1.67. The molecule has 3 rings (SSSR count). The molecule has 1 amide bonds. The van der Waals surface area contributed by atoms with E-state index >= 15 is 0 Å². The first kappa shape index (κ1) is 15.5. The van der Waals surface area contributed by atoms with Crippen LogP contribution in [0.3, 0.4) is 0 Å². The van der Waals surface area contributed by atoms with Crippen molar-refractivity contribution in [3.63, 3.8) is 0 Å². The van der Waals surface area contributed by atoms with Gasteiger partial charge in [0.05, 0.1) is 0 Å². The van der Waals surface area contributed by atoms with Crippen LogP contribution in [-0.4, -0.2) is 28.5 Å². The number of hydrogen-bond donors (Lipinski definition) is 0. The Balaban J connectivity index is 1.90. The zero-order valence-corrected chi connectivity index (χ0v) is 13.8. The van der Waals surface area contributed by atoms with Gasteiger partial charge in [0.2, 0.25) is 0 Å². The normalized spacial score (nSPS) is 19.8. The van der Waals surface area contributed by atoms with Crippen LogP contribution in [0.4, 0.5) is 0 Å². The van der Waals surface area contributed by atoms with E-state index in [2.05, 4.69) is 26.0 Å². The molecule has 0 saturated carbocycles. The van der Waals surface area contributed by atoms with Gasteiger partial charge in [0.1, 0.15) is 5.56 Å². The Labute approximate surface area is 136 Å². The number of carbonyl (C=O) groups excluding carboxylic acids is 1. The zero-order valence-electron chi connectivity index (χ0n) is 13.8. The molecule has 0 bridgehead atoms. The zero-order chi connectivity index (χ0) is 16.6. The van der Waals surface area contributed by atoms with Crippen LogP contribution in [0.1, 0.15) is 35.7 Å². The Bertz CT molecular complexity index is 777. The molecule has 1 aromatic heterocycles. The van der Waals surface area contributed by atoms with Crippen molar-refractivity contribution in [1.29, 1.82) is 0 Å². The lowest BCUT2D eigenvalue weighted by atomic mass is 9.78. The Morgan fingerprint density at radius 2 is 1.83 bits per heavy atom. The molecule has 1 aromatic carbocycles. The minimum atomic E-state index is -0.238. The molecule has 0 aliphatic carbocycles. The molecule has 1 aliphatic heterocycles. The van der Waals surface area contributed by atoms with Crippen molar-refractivity contribution < 1.29 is 4.79 Å². The molecule has 0 radical (unpaired) electrons. The standard InChI is InChI=1S/C19H22N2O2/c1-19(2)13-21(12-16(19)14-8-5-4-6-9-14)18(23)15-10-7-11-20(3)17(15)22/h4-11,16H,12-13H2,1-3H3/t16-/m1/s1. The minimum absolute atomic E-state index is 0.0168. The number of aromatic nitrogens is 1. The minimum Gasteiger partial charge on any atom is -0.337 e. The lowest BCUT2D eigenvalue weighted by molar-refractivity contribution is 0.0775. The number of aryl methyl sites for hydroxylation is 1. The third-order valence-electron chi connectivity index (χ3n) is 4.79. The second-order valence-electron chi connectivity index (χ2n) is 6.98. The molecule has 4 nitrogen and oxygen atoms in total. The third kappa shape index (κ3) is 2.81. The van der Waals surface area contributed by atoms with E-state index in [1.165, 1.54) is 10.1 Å². The van der Waals surface area contributed by atoms with Crippen LogP contribution in [0.2, 0.25) is 0 Å². The van der Waals surface area contributed by atoms with E-state index < -0.39 is 0 Å². The molecule has 1 aliphatic rings. The molecule has 1 fully saturated rings. The molecule has 0 spiro atoms. The van der Waals surface area contributed by atoms with Crippen LogP contribution in [0.5, 0.6) is 0 Å². The maximum absolute atomic E-state index is 12.8. The number of amides is 1. The highest BCUT2D eigenvalue weighted by molar-refractivity contribution is 5.94. The lowest BCUT2D eigenvalue weighted by Crippen LogP contribution is -2.35. The van der Waals surface area contributed by atoms with Gasteiger partial charge in [-0.25, -0.2) is 0 Å². The summed E-state index contributed by atoms with van der Waals surface area (Å²) >= 11 is 0. The number of benzene rings is 1. The molecule has 120 valence electrons. The average molecular weight is 310 g/mol. The van der Waals surface area contributed by atoms with Gasteiger partial charge in [0.25, 0.3) is 11.5 Å². The number of hydrogen-bond acceptors (Lipinski definition) is 2. The van der Waals surface area contributed by atoms with Crippen LogP contribution in [0.25, 0.3) is 0 Å². The summed E-state index contributed by atoms with van der Waals surface area (Å²) in [5, 5.41) is 0. The van der Waals surface area contributed by atoms with E-state index in [0.717, 1.165) is 0 Å². The molecule has 2 aromatic rings. The van der Waals surface area contributed by atoms with Gasteiger partial charge >= 0.3 is 0 Å². The first-order valence-electron chi connectivity index (χ1n) is 7.90. The molecule has 1 atom stereocenters. The van der Waals surface area contributed by atoms with Crippen LogP contribution in [0.15, 0.2) is 53.5 Å². The summed E-state index contributed by atoms with van der Waals surface area (Å²) in [5.41, 5.74) is 1.24. The van der Waals surface area contributed by atoms with Gasteiger partial charge in [-0.1, -0.05) is 44.2 Å². The van der Waals surface area contributed by atoms with Crippen molar-refractivity contribution in [1.82, 2.24) is 9.47 Å². The van der Waals surface area contributed by atoms with Gasteiger partial charge in [-0.15, -0.1) is 0 Å². The van der Waals surface area contributed by atoms with E-state index in [1.54, 1.807) is 25.4 Å². The molecule has 0 N–H and O–H groups in total. The third-order valence-corrected chi connectivity index (χ3v) is 4.79. The van der Waals surface area contributed by atoms with E-state index in [1.807, 2.05) is 23.1 Å². The second kappa shape index (κ2) is 5.69. The fourth-order valence-corrected chi connectivity index (χ4v) is 3.46. The van der Waals surface area contributed by atoms with Crippen LogP contribution in [0, 0.1) is 5.41 Å². The number of likely N-dealkylation sites (tertiary alicyclic amines) is 1. The van der Waals surface area contributed by atoms with Gasteiger partial charge < -0.3 is 9.47 Å². The van der Waals surface area contributed by atoms with Crippen molar-refractivity contribution in [2.75, 3.05) is 13.1 Å². The van der Waals surface area contributed by atoms with E-state index in [0.29, 0.717) is 13.1 Å². The van der Waals surface area contributed by atoms with Gasteiger partial charge in [-0.05, 0) is 23.1 Å². The molecule has 23 heavy (non-hydrogen) atoms. The molecular formula is C19H22N2O2. The van der Waals surface area contributed by atoms with Crippen molar-refractivity contribution in [3.05, 3.63) is 70.1 Å². The number of nitrogens with zero attached hydrogens (tertiary/aromatic N) is 2. The Kier molecular flexibility index (Phi) is 3.84. The second-order valence-corrected chi connectivity index (χ2v) is 6.98. The van der Waals surface area contributed by atoms with Crippen LogP contribution >= 0.6 is 0 Å². The van der Waals surface area contributed by atoms with E-state index in [4.69, 9.17) is 0 Å². The van der Waals surface area contributed by atoms with Crippen molar-refractivity contribution in [2.24, 2.45) is 12.5 Å². The number of carbonyl (C=O) groups is 1. The summed E-state index contributed by atoms with van der Waals surface area (Å²) in [6.45, 7) is 5.67. The molecule has 2 heterocycles. The predicted molar refractivity (Wildman–Crippen MR) is 90.6 cm³/mol. The van der Waals surface area contributed by atoms with E-state index in [9.17, 15) is 9.59 Å². The van der Waals surface area contributed by atoms with Crippen molar-refractivity contribution >= 4 is 5.91 Å². The van der Waals surface area contributed by atoms with Crippen LogP contribution < -0.4 is 5.56 Å². The summed E-state index contributed by atoms with van der Waals surface area (Å²) < 4.78 is 1.45. The van der Waals surface area contributed by atoms with Crippen LogP contribution in [-0.2, 0) is 7.05 Å². The highest BCUT2D eigenvalue weighted by atomic mass is 16.2. The highest BCUT2D eigenvalue weighted by Gasteiger charge is 2.42. The Morgan fingerprint density at radius 1 is 1.13 bits per heavy atom. The largest absolute Gasteiger partial charge is 0.337 e. The number of pyridine rings is 1. The maximum atomic E-state index is 12.8. The summed E-state index contributed by atoms with van der Waals surface area (Å²) in [6.07, 6.45) is 1.67. The molecular weight excluding hydrogens is 288 g/mol. The topological polar surface area (TPSA) is 42.3 Å². The maximum Gasteiger partial charge on any atom is 0.263 e. The monoisotopic (exact) mass is 310 g/mol. The fourth-order valence-electron chi connectivity index (χ4n) is 3.46. The average Bonchev–Trinajstić information content (AvgIpc) is 2.86. The molecule has 4 heteroatoms. The lowest BCUT2D eigenvalue weighted by Gasteiger charge is -2.25. The first-order valence-corrected chi connectivity index (χ1v) is 7.90. The Morgan fingerprint density at radius 3 is 2.52 bits per heavy atom. The fraction of sp³-hybridized carbons (Fsp3) is 0.368. The van der Waals surface area contributed by atoms with E-state index in [-0.39, 0.29) is 28.4 Å². The summed E-state index contributed by atoms with van der Waals surface area (Å²) in [5.74, 6) is 0.109. The highest BCUT2D eigenvalue weighted by Crippen LogP contribution is 2.42. The van der Waals surface area contributed by atoms with Gasteiger partial charge in [-0.3, -0.25) is 9.59 Å².